The lowest BCUT2D eigenvalue weighted by molar-refractivity contribution is -0.121. The molecule has 0 unspecified atom stereocenters. The Hall–Kier alpha value is -2.15. The molecule has 1 aliphatic heterocycles. The number of allylic oxidation sites excluding steroid dienone is 1. The fourth-order valence-electron chi connectivity index (χ4n) is 3.24. The first-order chi connectivity index (χ1) is 12.0. The van der Waals surface area contributed by atoms with Crippen molar-refractivity contribution in [1.82, 2.24) is 9.62 Å². The number of nitrogens with one attached hydrogen (secondary N) is 1. The first kappa shape index (κ1) is 17.7. The van der Waals surface area contributed by atoms with Gasteiger partial charge in [0.25, 0.3) is 15.9 Å². The maximum Gasteiger partial charge on any atom is 0.269 e. The van der Waals surface area contributed by atoms with E-state index in [-0.39, 0.29) is 29.3 Å². The minimum Gasteiger partial charge on any atom is -0.356 e. The summed E-state index contributed by atoms with van der Waals surface area (Å²) in [6.07, 6.45) is 7.68. The normalized spacial score (nSPS) is 18.6. The van der Waals surface area contributed by atoms with Crippen LogP contribution in [0.3, 0.4) is 0 Å². The first-order valence-electron chi connectivity index (χ1n) is 8.61. The highest BCUT2D eigenvalue weighted by Gasteiger charge is 2.40. The topological polar surface area (TPSA) is 83.6 Å². The maximum atomic E-state index is 12.4. The SMILES string of the molecule is O=C(CCN1C(=O)c2ccccc2S1(=O)=O)NCCC1=CCCCC1. The van der Waals surface area contributed by atoms with E-state index in [0.29, 0.717) is 6.54 Å². The lowest BCUT2D eigenvalue weighted by atomic mass is 9.97. The average molecular weight is 362 g/mol. The molecule has 0 radical (unpaired) electrons. The van der Waals surface area contributed by atoms with E-state index in [9.17, 15) is 18.0 Å². The largest absolute Gasteiger partial charge is 0.356 e. The van der Waals surface area contributed by atoms with Gasteiger partial charge < -0.3 is 5.32 Å². The molecule has 25 heavy (non-hydrogen) atoms. The molecule has 0 atom stereocenters. The third-order valence-electron chi connectivity index (χ3n) is 4.61. The number of sulfonamides is 1. The van der Waals surface area contributed by atoms with E-state index in [1.807, 2.05) is 0 Å². The monoisotopic (exact) mass is 362 g/mol. The van der Waals surface area contributed by atoms with Gasteiger partial charge in [0, 0.05) is 19.5 Å². The second-order valence-electron chi connectivity index (χ2n) is 6.34. The summed E-state index contributed by atoms with van der Waals surface area (Å²) in [6.45, 7) is 0.413. The Bertz CT molecular complexity index is 814. The Morgan fingerprint density at radius 1 is 1.20 bits per heavy atom. The second-order valence-corrected chi connectivity index (χ2v) is 8.17. The van der Waals surface area contributed by atoms with Gasteiger partial charge in [0.15, 0.2) is 0 Å². The van der Waals surface area contributed by atoms with E-state index in [4.69, 9.17) is 0 Å². The van der Waals surface area contributed by atoms with Gasteiger partial charge in [0.05, 0.1) is 5.56 Å². The summed E-state index contributed by atoms with van der Waals surface area (Å²) < 4.78 is 25.6. The fourth-order valence-corrected chi connectivity index (χ4v) is 4.81. The summed E-state index contributed by atoms with van der Waals surface area (Å²) in [6, 6.07) is 6.12. The molecule has 3 rings (SSSR count). The number of nitrogens with zero attached hydrogens (tertiary/aromatic N) is 1. The van der Waals surface area contributed by atoms with Crippen LogP contribution in [0.25, 0.3) is 0 Å². The van der Waals surface area contributed by atoms with E-state index in [1.54, 1.807) is 12.1 Å². The minimum absolute atomic E-state index is 0.0182. The Kier molecular flexibility index (Phi) is 5.22. The summed E-state index contributed by atoms with van der Waals surface area (Å²) in [7, 11) is -3.83. The van der Waals surface area contributed by atoms with Crippen molar-refractivity contribution in [2.24, 2.45) is 0 Å². The van der Waals surface area contributed by atoms with Gasteiger partial charge in [0.2, 0.25) is 5.91 Å². The lowest BCUT2D eigenvalue weighted by Gasteiger charge is -2.15. The summed E-state index contributed by atoms with van der Waals surface area (Å²) in [5.41, 5.74) is 1.55. The first-order valence-corrected chi connectivity index (χ1v) is 10.0. The van der Waals surface area contributed by atoms with Crippen LogP contribution >= 0.6 is 0 Å². The van der Waals surface area contributed by atoms with Crippen LogP contribution in [0.2, 0.25) is 0 Å². The average Bonchev–Trinajstić information content (AvgIpc) is 2.81. The molecule has 1 aromatic rings. The van der Waals surface area contributed by atoms with Gasteiger partial charge >= 0.3 is 0 Å². The predicted octanol–water partition coefficient (Wildman–Crippen LogP) is 2.23. The summed E-state index contributed by atoms with van der Waals surface area (Å²) in [5.74, 6) is -0.800. The van der Waals surface area contributed by atoms with Crippen molar-refractivity contribution < 1.29 is 18.0 Å². The van der Waals surface area contributed by atoms with Crippen LogP contribution in [0.15, 0.2) is 40.8 Å². The summed E-state index contributed by atoms with van der Waals surface area (Å²) >= 11 is 0. The number of carbonyl (C=O) groups excluding carboxylic acids is 2. The highest BCUT2D eigenvalue weighted by molar-refractivity contribution is 7.90. The molecule has 0 saturated heterocycles. The molecule has 1 N–H and O–H groups in total. The predicted molar refractivity (Wildman–Crippen MR) is 93.5 cm³/mol. The van der Waals surface area contributed by atoms with Crippen LogP contribution in [0.5, 0.6) is 0 Å². The van der Waals surface area contributed by atoms with Crippen LogP contribution < -0.4 is 5.32 Å². The zero-order valence-corrected chi connectivity index (χ0v) is 14.8. The molecule has 0 spiro atoms. The molecule has 0 aromatic heterocycles. The van der Waals surface area contributed by atoms with Gasteiger partial charge in [-0.05, 0) is 44.2 Å². The number of amides is 2. The van der Waals surface area contributed by atoms with Gasteiger partial charge in [-0.15, -0.1) is 0 Å². The molecule has 1 aromatic carbocycles. The molecule has 0 fully saturated rings. The summed E-state index contributed by atoms with van der Waals surface area (Å²) in [5, 5.41) is 2.80. The maximum absolute atomic E-state index is 12.4. The van der Waals surface area contributed by atoms with Crippen LogP contribution in [-0.4, -0.2) is 37.6 Å². The van der Waals surface area contributed by atoms with Crippen molar-refractivity contribution in [2.75, 3.05) is 13.1 Å². The number of fused-ring (bicyclic) bond motifs is 1. The molecule has 0 saturated carbocycles. The van der Waals surface area contributed by atoms with Gasteiger partial charge in [0.1, 0.15) is 4.90 Å². The highest BCUT2D eigenvalue weighted by Crippen LogP contribution is 2.29. The zero-order valence-electron chi connectivity index (χ0n) is 14.0. The molecule has 2 aliphatic rings. The van der Waals surface area contributed by atoms with E-state index in [0.717, 1.165) is 23.6 Å². The van der Waals surface area contributed by atoms with Crippen molar-refractivity contribution >= 4 is 21.8 Å². The number of benzene rings is 1. The zero-order chi connectivity index (χ0) is 17.9. The Balaban J connectivity index is 1.51. The van der Waals surface area contributed by atoms with E-state index >= 15 is 0 Å². The van der Waals surface area contributed by atoms with Crippen LogP contribution in [0.4, 0.5) is 0 Å². The van der Waals surface area contributed by atoms with Gasteiger partial charge in [-0.25, -0.2) is 12.7 Å². The Labute approximate surface area is 148 Å². The highest BCUT2D eigenvalue weighted by atomic mass is 32.2. The number of carbonyl (C=O) groups is 2. The molecular weight excluding hydrogens is 340 g/mol. The minimum atomic E-state index is -3.83. The lowest BCUT2D eigenvalue weighted by Crippen LogP contribution is -2.35. The number of hydrogen-bond donors (Lipinski definition) is 1. The van der Waals surface area contributed by atoms with E-state index in [2.05, 4.69) is 11.4 Å². The number of hydrogen-bond acceptors (Lipinski definition) is 4. The van der Waals surface area contributed by atoms with Crippen molar-refractivity contribution in [1.29, 1.82) is 0 Å². The molecule has 1 aliphatic carbocycles. The van der Waals surface area contributed by atoms with Crippen LogP contribution in [0.1, 0.15) is 48.9 Å². The molecule has 2 amide bonds. The molecule has 134 valence electrons. The third-order valence-corrected chi connectivity index (χ3v) is 6.45. The smallest absolute Gasteiger partial charge is 0.269 e. The Morgan fingerprint density at radius 2 is 2.00 bits per heavy atom. The standard InChI is InChI=1S/C18H22N2O4S/c21-17(19-12-10-14-6-2-1-3-7-14)11-13-20-18(22)15-8-4-5-9-16(15)25(20,23)24/h4-6,8-9H,1-3,7,10-13H2,(H,19,21). The molecular formula is C18H22N2O4S. The van der Waals surface area contributed by atoms with E-state index < -0.39 is 15.9 Å². The molecule has 6 nitrogen and oxygen atoms in total. The van der Waals surface area contributed by atoms with Crippen LogP contribution in [-0.2, 0) is 14.8 Å². The number of rotatable bonds is 6. The molecule has 1 heterocycles. The van der Waals surface area contributed by atoms with E-state index in [1.165, 1.54) is 30.5 Å². The molecule has 0 bridgehead atoms. The quantitative estimate of drug-likeness (QED) is 0.787. The Morgan fingerprint density at radius 3 is 2.72 bits per heavy atom. The van der Waals surface area contributed by atoms with Crippen LogP contribution in [0, 0.1) is 0 Å². The van der Waals surface area contributed by atoms with Crippen molar-refractivity contribution in [3.8, 4) is 0 Å². The summed E-state index contributed by atoms with van der Waals surface area (Å²) in [4.78, 5) is 24.2. The van der Waals surface area contributed by atoms with Crippen molar-refractivity contribution in [3.05, 3.63) is 41.5 Å². The molecule has 7 heteroatoms. The third kappa shape index (κ3) is 3.76. The second kappa shape index (κ2) is 7.39. The fraction of sp³-hybridized carbons (Fsp3) is 0.444. The van der Waals surface area contributed by atoms with Gasteiger partial charge in [-0.2, -0.15) is 0 Å². The van der Waals surface area contributed by atoms with Crippen molar-refractivity contribution in [2.45, 2.75) is 43.4 Å². The van der Waals surface area contributed by atoms with Gasteiger partial charge in [-0.1, -0.05) is 23.8 Å². The van der Waals surface area contributed by atoms with Crippen molar-refractivity contribution in [3.63, 3.8) is 0 Å². The van der Waals surface area contributed by atoms with Gasteiger partial charge in [-0.3, -0.25) is 9.59 Å².